The zero-order valence-electron chi connectivity index (χ0n) is 9.35. The summed E-state index contributed by atoms with van der Waals surface area (Å²) in [5.74, 6) is -0.327. The van der Waals surface area contributed by atoms with Gasteiger partial charge < -0.3 is 11.5 Å². The van der Waals surface area contributed by atoms with Crippen molar-refractivity contribution in [2.45, 2.75) is 46.6 Å². The number of hydrogen-bond donors (Lipinski definition) is 2. The number of carbonyl (C=O) groups is 1. The van der Waals surface area contributed by atoms with Crippen LogP contribution in [0.2, 0.25) is 0 Å². The average molecular weight is 186 g/mol. The average Bonchev–Trinajstić information content (AvgIpc) is 1.84. The molecule has 78 valence electrons. The van der Waals surface area contributed by atoms with Crippen molar-refractivity contribution in [1.29, 1.82) is 0 Å². The van der Waals surface area contributed by atoms with E-state index in [1.54, 1.807) is 6.92 Å². The van der Waals surface area contributed by atoms with E-state index >= 15 is 0 Å². The lowest BCUT2D eigenvalue weighted by Crippen LogP contribution is -2.26. The van der Waals surface area contributed by atoms with E-state index in [1.807, 2.05) is 33.8 Å². The highest BCUT2D eigenvalue weighted by molar-refractivity contribution is 5.91. The van der Waals surface area contributed by atoms with Gasteiger partial charge in [-0.05, 0) is 34.1 Å². The molecule has 0 aliphatic carbocycles. The molecule has 13 heavy (non-hydrogen) atoms. The third kappa shape index (κ3) is 24.7. The summed E-state index contributed by atoms with van der Waals surface area (Å²) in [5, 5.41) is 0. The lowest BCUT2D eigenvalue weighted by Gasteiger charge is -2.06. The zero-order valence-corrected chi connectivity index (χ0v) is 9.35. The second kappa shape index (κ2) is 6.66. The zero-order chi connectivity index (χ0) is 11.1. The molecule has 0 rings (SSSR count). The Morgan fingerprint density at radius 2 is 1.69 bits per heavy atom. The van der Waals surface area contributed by atoms with Crippen molar-refractivity contribution >= 4 is 5.91 Å². The van der Waals surface area contributed by atoms with Crippen molar-refractivity contribution in [1.82, 2.24) is 0 Å². The van der Waals surface area contributed by atoms with Crippen LogP contribution in [-0.2, 0) is 4.79 Å². The summed E-state index contributed by atoms with van der Waals surface area (Å²) < 4.78 is 0. The van der Waals surface area contributed by atoms with Crippen LogP contribution in [0.3, 0.4) is 0 Å². The highest BCUT2D eigenvalue weighted by Gasteiger charge is 1.95. The highest BCUT2D eigenvalue weighted by atomic mass is 16.1. The maximum Gasteiger partial charge on any atom is 0.244 e. The molecule has 0 aromatic rings. The second-order valence-corrected chi connectivity index (χ2v) is 4.03. The van der Waals surface area contributed by atoms with Crippen LogP contribution < -0.4 is 11.5 Å². The standard InChI is InChI=1S/C6H11NO.C4H11N/c1-3-4-5(2)6(7)8;1-4(2,3)5/h4H,3H2,1-2H3,(H2,7,8);5H2,1-3H3. The second-order valence-electron chi connectivity index (χ2n) is 4.03. The van der Waals surface area contributed by atoms with Crippen molar-refractivity contribution in [2.75, 3.05) is 0 Å². The quantitative estimate of drug-likeness (QED) is 0.643. The summed E-state index contributed by atoms with van der Waals surface area (Å²) in [6, 6.07) is 0. The van der Waals surface area contributed by atoms with Crippen LogP contribution >= 0.6 is 0 Å². The minimum atomic E-state index is -0.327. The van der Waals surface area contributed by atoms with Crippen LogP contribution in [0.1, 0.15) is 41.0 Å². The molecule has 0 aliphatic heterocycles. The molecule has 0 radical (unpaired) electrons. The van der Waals surface area contributed by atoms with E-state index < -0.39 is 0 Å². The van der Waals surface area contributed by atoms with Gasteiger partial charge in [-0.2, -0.15) is 0 Å². The lowest BCUT2D eigenvalue weighted by atomic mass is 10.1. The summed E-state index contributed by atoms with van der Waals surface area (Å²) in [7, 11) is 0. The van der Waals surface area contributed by atoms with Crippen LogP contribution in [0.5, 0.6) is 0 Å². The van der Waals surface area contributed by atoms with Crippen LogP contribution in [0.25, 0.3) is 0 Å². The lowest BCUT2D eigenvalue weighted by molar-refractivity contribution is -0.114. The third-order valence-corrected chi connectivity index (χ3v) is 0.899. The Kier molecular flexibility index (Phi) is 7.52. The summed E-state index contributed by atoms with van der Waals surface area (Å²) in [6.45, 7) is 9.57. The normalized spacial score (nSPS) is 11.7. The van der Waals surface area contributed by atoms with Crippen LogP contribution in [0.15, 0.2) is 11.6 Å². The molecule has 0 aromatic carbocycles. The molecule has 0 heterocycles. The number of carbonyl (C=O) groups excluding carboxylic acids is 1. The minimum Gasteiger partial charge on any atom is -0.366 e. The fourth-order valence-electron chi connectivity index (χ4n) is 0.407. The van der Waals surface area contributed by atoms with Crippen molar-refractivity contribution in [3.63, 3.8) is 0 Å². The number of amides is 1. The van der Waals surface area contributed by atoms with E-state index in [2.05, 4.69) is 0 Å². The van der Waals surface area contributed by atoms with Gasteiger partial charge in [-0.1, -0.05) is 13.0 Å². The molecule has 0 atom stereocenters. The van der Waals surface area contributed by atoms with Gasteiger partial charge in [0.25, 0.3) is 0 Å². The van der Waals surface area contributed by atoms with Gasteiger partial charge in [0.05, 0.1) is 0 Å². The molecule has 0 fully saturated rings. The number of primary amides is 1. The Hall–Kier alpha value is -0.830. The maximum atomic E-state index is 10.2. The van der Waals surface area contributed by atoms with Crippen molar-refractivity contribution in [3.8, 4) is 0 Å². The predicted molar refractivity (Wildman–Crippen MR) is 57.2 cm³/mol. The van der Waals surface area contributed by atoms with Gasteiger partial charge >= 0.3 is 0 Å². The Bertz CT molecular complexity index is 172. The fourth-order valence-corrected chi connectivity index (χ4v) is 0.407. The molecule has 0 aliphatic rings. The minimum absolute atomic E-state index is 0. The number of hydrogen-bond acceptors (Lipinski definition) is 2. The first-order chi connectivity index (χ1) is 5.68. The Balaban J connectivity index is 0. The fraction of sp³-hybridized carbons (Fsp3) is 0.700. The summed E-state index contributed by atoms with van der Waals surface area (Å²) in [4.78, 5) is 10.2. The molecule has 0 saturated carbocycles. The molecule has 0 aromatic heterocycles. The molecular formula is C10H22N2O. The van der Waals surface area contributed by atoms with Crippen molar-refractivity contribution < 1.29 is 4.79 Å². The number of nitrogens with two attached hydrogens (primary N) is 2. The van der Waals surface area contributed by atoms with Gasteiger partial charge in [0.2, 0.25) is 5.91 Å². The van der Waals surface area contributed by atoms with Crippen molar-refractivity contribution in [3.05, 3.63) is 11.6 Å². The van der Waals surface area contributed by atoms with Crippen LogP contribution in [-0.4, -0.2) is 11.4 Å². The molecule has 0 unspecified atom stereocenters. The maximum absolute atomic E-state index is 10.2. The molecule has 0 spiro atoms. The van der Waals surface area contributed by atoms with Crippen LogP contribution in [0.4, 0.5) is 0 Å². The first kappa shape index (κ1) is 14.7. The third-order valence-electron chi connectivity index (χ3n) is 0.899. The van der Waals surface area contributed by atoms with E-state index in [-0.39, 0.29) is 11.4 Å². The molecule has 3 heteroatoms. The monoisotopic (exact) mass is 186 g/mol. The Morgan fingerprint density at radius 3 is 1.77 bits per heavy atom. The summed E-state index contributed by atoms with van der Waals surface area (Å²) in [5.41, 5.74) is 10.9. The Labute approximate surface area is 81.2 Å². The number of rotatable bonds is 2. The molecule has 0 bridgehead atoms. The smallest absolute Gasteiger partial charge is 0.244 e. The number of allylic oxidation sites excluding steroid dienone is 1. The van der Waals surface area contributed by atoms with Gasteiger partial charge in [-0.25, -0.2) is 0 Å². The van der Waals surface area contributed by atoms with Gasteiger partial charge in [0.15, 0.2) is 0 Å². The first-order valence-corrected chi connectivity index (χ1v) is 4.44. The summed E-state index contributed by atoms with van der Waals surface area (Å²) in [6.07, 6.45) is 2.68. The van der Waals surface area contributed by atoms with E-state index in [0.29, 0.717) is 5.57 Å². The molecule has 3 nitrogen and oxygen atoms in total. The molecule has 0 saturated heterocycles. The Morgan fingerprint density at radius 1 is 1.38 bits per heavy atom. The van der Waals surface area contributed by atoms with E-state index in [9.17, 15) is 4.79 Å². The largest absolute Gasteiger partial charge is 0.366 e. The van der Waals surface area contributed by atoms with Gasteiger partial charge in [-0.15, -0.1) is 0 Å². The molecule has 1 amide bonds. The van der Waals surface area contributed by atoms with E-state index in [0.717, 1.165) is 6.42 Å². The summed E-state index contributed by atoms with van der Waals surface area (Å²) >= 11 is 0. The van der Waals surface area contributed by atoms with Gasteiger partial charge in [0, 0.05) is 11.1 Å². The highest BCUT2D eigenvalue weighted by Crippen LogP contribution is 1.91. The van der Waals surface area contributed by atoms with Crippen LogP contribution in [0, 0.1) is 0 Å². The topological polar surface area (TPSA) is 69.1 Å². The van der Waals surface area contributed by atoms with Crippen molar-refractivity contribution in [2.24, 2.45) is 11.5 Å². The predicted octanol–water partition coefficient (Wildman–Crippen LogP) is 1.57. The van der Waals surface area contributed by atoms with Gasteiger partial charge in [0.1, 0.15) is 0 Å². The molecule has 4 N–H and O–H groups in total. The van der Waals surface area contributed by atoms with Gasteiger partial charge in [-0.3, -0.25) is 4.79 Å². The first-order valence-electron chi connectivity index (χ1n) is 4.44. The molecular weight excluding hydrogens is 164 g/mol. The van der Waals surface area contributed by atoms with E-state index in [1.165, 1.54) is 0 Å². The SMILES string of the molecule is CC(C)(C)N.CCC=C(C)C(N)=O. The van der Waals surface area contributed by atoms with E-state index in [4.69, 9.17) is 11.5 Å².